The molecule has 0 saturated heterocycles. The van der Waals surface area contributed by atoms with Gasteiger partial charge in [0.05, 0.1) is 20.7 Å². The highest BCUT2D eigenvalue weighted by Crippen LogP contribution is 2.36. The molecule has 0 aliphatic carbocycles. The largest absolute Gasteiger partial charge is 0.279 e. The highest BCUT2D eigenvalue weighted by Gasteiger charge is 2.18. The topological polar surface area (TPSA) is 99.2 Å². The molecular weight excluding hydrogens is 334 g/mol. The number of hydrogen-bond donors (Lipinski definition) is 0. The minimum atomic E-state index is -0.492. The second kappa shape index (κ2) is 5.89. The summed E-state index contributed by atoms with van der Waals surface area (Å²) in [6.45, 7) is 0. The van der Waals surface area contributed by atoms with Crippen molar-refractivity contribution in [3.8, 4) is 11.1 Å². The van der Waals surface area contributed by atoms with Crippen LogP contribution < -0.4 is 0 Å². The van der Waals surface area contributed by atoms with Crippen LogP contribution in [0, 0.1) is 20.2 Å². The van der Waals surface area contributed by atoms with Crippen molar-refractivity contribution >= 4 is 33.1 Å². The van der Waals surface area contributed by atoms with Gasteiger partial charge in [0.15, 0.2) is 0 Å². The highest BCUT2D eigenvalue weighted by atomic mass is 16.6. The molecule has 7 nitrogen and oxygen atoms in total. The maximum Gasteiger partial charge on any atom is 0.279 e. The Hall–Kier alpha value is -3.87. The molecule has 0 N–H and O–H groups in total. The van der Waals surface area contributed by atoms with Crippen molar-refractivity contribution in [2.45, 2.75) is 0 Å². The molecular formula is C19H11N3O4. The molecule has 1 aromatic heterocycles. The maximum absolute atomic E-state index is 11.6. The van der Waals surface area contributed by atoms with E-state index in [1.54, 1.807) is 6.07 Å². The smallest absolute Gasteiger partial charge is 0.258 e. The molecule has 0 spiro atoms. The fourth-order valence-electron chi connectivity index (χ4n) is 3.04. The second-order valence-corrected chi connectivity index (χ2v) is 5.80. The van der Waals surface area contributed by atoms with Gasteiger partial charge in [0.1, 0.15) is 0 Å². The van der Waals surface area contributed by atoms with Crippen LogP contribution in [0.3, 0.4) is 0 Å². The number of pyridine rings is 1. The molecule has 0 unspecified atom stereocenters. The van der Waals surface area contributed by atoms with Gasteiger partial charge in [-0.05, 0) is 23.3 Å². The third kappa shape index (κ3) is 2.51. The molecule has 0 fully saturated rings. The summed E-state index contributed by atoms with van der Waals surface area (Å²) in [5, 5.41) is 24.1. The van der Waals surface area contributed by atoms with E-state index in [2.05, 4.69) is 4.98 Å². The Labute approximate surface area is 146 Å². The summed E-state index contributed by atoms with van der Waals surface area (Å²) in [4.78, 5) is 26.0. The molecule has 0 aliphatic rings. The first-order chi connectivity index (χ1) is 12.5. The Kier molecular flexibility index (Phi) is 3.54. The second-order valence-electron chi connectivity index (χ2n) is 5.80. The fourth-order valence-corrected chi connectivity index (χ4v) is 3.04. The van der Waals surface area contributed by atoms with Crippen LogP contribution >= 0.6 is 0 Å². The zero-order valence-electron chi connectivity index (χ0n) is 13.3. The lowest BCUT2D eigenvalue weighted by atomic mass is 9.98. The van der Waals surface area contributed by atoms with Gasteiger partial charge in [-0.25, -0.2) is 0 Å². The van der Waals surface area contributed by atoms with E-state index in [0.29, 0.717) is 27.2 Å². The van der Waals surface area contributed by atoms with Crippen LogP contribution in [0.4, 0.5) is 11.4 Å². The summed E-state index contributed by atoms with van der Waals surface area (Å²) in [6.07, 6.45) is 1.44. The van der Waals surface area contributed by atoms with Gasteiger partial charge >= 0.3 is 0 Å². The van der Waals surface area contributed by atoms with Crippen molar-refractivity contribution < 1.29 is 9.85 Å². The van der Waals surface area contributed by atoms with Crippen molar-refractivity contribution in [3.63, 3.8) is 0 Å². The molecule has 7 heteroatoms. The van der Waals surface area contributed by atoms with Gasteiger partial charge in [-0.1, -0.05) is 30.3 Å². The third-order valence-electron chi connectivity index (χ3n) is 4.28. The Balaban J connectivity index is 2.13. The van der Waals surface area contributed by atoms with E-state index in [-0.39, 0.29) is 11.4 Å². The van der Waals surface area contributed by atoms with Crippen molar-refractivity contribution in [2.24, 2.45) is 0 Å². The summed E-state index contributed by atoms with van der Waals surface area (Å²) >= 11 is 0. The first kappa shape index (κ1) is 15.6. The summed E-state index contributed by atoms with van der Waals surface area (Å²) in [5.74, 6) is 0. The van der Waals surface area contributed by atoms with Crippen LogP contribution in [0.2, 0.25) is 0 Å². The number of nitro benzene ring substituents is 2. The molecule has 0 aliphatic heterocycles. The average molecular weight is 345 g/mol. The number of benzene rings is 3. The van der Waals surface area contributed by atoms with Gasteiger partial charge in [0, 0.05) is 35.2 Å². The number of hydrogen-bond acceptors (Lipinski definition) is 5. The SMILES string of the molecule is O=[N+]([O-])c1ccc2ncc3c([N+](=O)[O-])cc(-c4ccccc4)cc3c2c1. The van der Waals surface area contributed by atoms with Crippen LogP contribution in [-0.2, 0) is 0 Å². The standard InChI is InChI=1S/C19H11N3O4/c23-21(24)14-6-7-18-16(10-14)15-8-13(12-4-2-1-3-5-12)9-19(22(25)26)17(15)11-20-18/h1-11H. The lowest BCUT2D eigenvalue weighted by Gasteiger charge is -2.08. The predicted molar refractivity (Wildman–Crippen MR) is 98.0 cm³/mol. The molecule has 26 heavy (non-hydrogen) atoms. The zero-order valence-corrected chi connectivity index (χ0v) is 13.3. The van der Waals surface area contributed by atoms with Crippen molar-refractivity contribution in [1.29, 1.82) is 0 Å². The number of nitrogens with zero attached hydrogens (tertiary/aromatic N) is 3. The molecule has 3 aromatic carbocycles. The van der Waals surface area contributed by atoms with E-state index in [0.717, 1.165) is 5.56 Å². The van der Waals surface area contributed by atoms with Gasteiger partial charge in [-0.3, -0.25) is 25.2 Å². The Morgan fingerprint density at radius 3 is 2.19 bits per heavy atom. The zero-order chi connectivity index (χ0) is 18.3. The minimum absolute atomic E-state index is 0.0812. The van der Waals surface area contributed by atoms with Crippen LogP contribution in [0.25, 0.3) is 32.8 Å². The van der Waals surface area contributed by atoms with Crippen molar-refractivity contribution in [1.82, 2.24) is 4.98 Å². The van der Waals surface area contributed by atoms with Crippen molar-refractivity contribution in [3.05, 3.63) is 87.1 Å². The van der Waals surface area contributed by atoms with Gasteiger partial charge in [0.2, 0.25) is 0 Å². The lowest BCUT2D eigenvalue weighted by molar-refractivity contribution is -0.384. The molecule has 0 saturated carbocycles. The normalized spacial score (nSPS) is 10.9. The van der Waals surface area contributed by atoms with Crippen LogP contribution in [-0.4, -0.2) is 14.8 Å². The maximum atomic E-state index is 11.6. The first-order valence-corrected chi connectivity index (χ1v) is 7.75. The summed E-state index contributed by atoms with van der Waals surface area (Å²) in [7, 11) is 0. The molecule has 0 atom stereocenters. The fraction of sp³-hybridized carbons (Fsp3) is 0. The van der Waals surface area contributed by atoms with Crippen LogP contribution in [0.1, 0.15) is 0 Å². The molecule has 0 amide bonds. The van der Waals surface area contributed by atoms with E-state index in [9.17, 15) is 20.2 Å². The summed E-state index contributed by atoms with van der Waals surface area (Å²) < 4.78 is 0. The predicted octanol–water partition coefficient (Wildman–Crippen LogP) is 4.87. The first-order valence-electron chi connectivity index (χ1n) is 7.75. The number of nitro groups is 2. The van der Waals surface area contributed by atoms with E-state index in [1.807, 2.05) is 36.4 Å². The Bertz CT molecular complexity index is 1190. The Morgan fingerprint density at radius 1 is 0.731 bits per heavy atom. The number of non-ortho nitro benzene ring substituents is 2. The van der Waals surface area contributed by atoms with Gasteiger partial charge in [-0.15, -0.1) is 0 Å². The molecule has 4 rings (SSSR count). The Morgan fingerprint density at radius 2 is 1.50 bits per heavy atom. The van der Waals surface area contributed by atoms with E-state index < -0.39 is 9.85 Å². The number of aromatic nitrogens is 1. The molecule has 0 bridgehead atoms. The van der Waals surface area contributed by atoms with Gasteiger partial charge in [0.25, 0.3) is 11.4 Å². The molecule has 1 heterocycles. The number of fused-ring (bicyclic) bond motifs is 3. The molecule has 4 aromatic rings. The van der Waals surface area contributed by atoms with E-state index >= 15 is 0 Å². The van der Waals surface area contributed by atoms with E-state index in [4.69, 9.17) is 0 Å². The molecule has 0 radical (unpaired) electrons. The summed E-state index contributed by atoms with van der Waals surface area (Å²) in [5.41, 5.74) is 1.88. The highest BCUT2D eigenvalue weighted by molar-refractivity contribution is 6.10. The van der Waals surface area contributed by atoms with Gasteiger partial charge in [-0.2, -0.15) is 0 Å². The number of rotatable bonds is 3. The van der Waals surface area contributed by atoms with E-state index in [1.165, 1.54) is 24.4 Å². The monoisotopic (exact) mass is 345 g/mol. The average Bonchev–Trinajstić information content (AvgIpc) is 2.67. The minimum Gasteiger partial charge on any atom is -0.258 e. The van der Waals surface area contributed by atoms with Crippen LogP contribution in [0.15, 0.2) is 66.9 Å². The summed E-state index contributed by atoms with van der Waals surface area (Å²) in [6, 6.07) is 16.9. The van der Waals surface area contributed by atoms with Gasteiger partial charge < -0.3 is 0 Å². The molecule has 126 valence electrons. The quantitative estimate of drug-likeness (QED) is 0.299. The lowest BCUT2D eigenvalue weighted by Crippen LogP contribution is -1.94. The van der Waals surface area contributed by atoms with Crippen molar-refractivity contribution in [2.75, 3.05) is 0 Å². The third-order valence-corrected chi connectivity index (χ3v) is 4.28. The van der Waals surface area contributed by atoms with Crippen LogP contribution in [0.5, 0.6) is 0 Å².